The third-order valence-corrected chi connectivity index (χ3v) is 3.90. The van der Waals surface area contributed by atoms with Crippen molar-refractivity contribution in [1.29, 1.82) is 0 Å². The van der Waals surface area contributed by atoms with Gasteiger partial charge in [0.25, 0.3) is 0 Å². The van der Waals surface area contributed by atoms with E-state index in [1.807, 2.05) is 6.07 Å². The summed E-state index contributed by atoms with van der Waals surface area (Å²) in [6, 6.07) is 19.4. The van der Waals surface area contributed by atoms with Crippen molar-refractivity contribution >= 4 is 16.6 Å². The van der Waals surface area contributed by atoms with E-state index in [1.165, 1.54) is 29.2 Å². The lowest BCUT2D eigenvalue weighted by atomic mass is 10.0. The minimum Gasteiger partial charge on any atom is -0.365 e. The predicted molar refractivity (Wildman–Crippen MR) is 85.4 cm³/mol. The van der Waals surface area contributed by atoms with Gasteiger partial charge in [0.1, 0.15) is 0 Å². The van der Waals surface area contributed by atoms with Crippen LogP contribution in [0, 0.1) is 0 Å². The first-order valence-electron chi connectivity index (χ1n) is 7.45. The van der Waals surface area contributed by atoms with Gasteiger partial charge in [0.2, 0.25) is 0 Å². The molecule has 0 bridgehead atoms. The molecule has 3 nitrogen and oxygen atoms in total. The van der Waals surface area contributed by atoms with Crippen LogP contribution in [0.3, 0.4) is 0 Å². The summed E-state index contributed by atoms with van der Waals surface area (Å²) >= 11 is 0. The minimum atomic E-state index is 0.586. The van der Waals surface area contributed by atoms with Gasteiger partial charge in [0.15, 0.2) is 5.82 Å². The number of nitrogens with zero attached hydrogens (tertiary/aromatic N) is 2. The maximum Gasteiger partial charge on any atom is 0.156 e. The Morgan fingerprint density at radius 1 is 0.857 bits per heavy atom. The highest BCUT2D eigenvalue weighted by Crippen LogP contribution is 2.29. The SMILES string of the molecule is c1ccc(Cc2nnc(NC3CC3)c3ccccc23)cc1. The summed E-state index contributed by atoms with van der Waals surface area (Å²) in [5, 5.41) is 14.7. The van der Waals surface area contributed by atoms with Gasteiger partial charge in [0.05, 0.1) is 5.69 Å². The molecule has 1 fully saturated rings. The third-order valence-electron chi connectivity index (χ3n) is 3.90. The van der Waals surface area contributed by atoms with Gasteiger partial charge >= 0.3 is 0 Å². The second-order valence-electron chi connectivity index (χ2n) is 5.62. The van der Waals surface area contributed by atoms with E-state index in [4.69, 9.17) is 0 Å². The van der Waals surface area contributed by atoms with Crippen molar-refractivity contribution in [2.75, 3.05) is 5.32 Å². The zero-order valence-corrected chi connectivity index (χ0v) is 11.8. The molecule has 0 unspecified atom stereocenters. The van der Waals surface area contributed by atoms with E-state index in [1.54, 1.807) is 0 Å². The van der Waals surface area contributed by atoms with Crippen LogP contribution in [-0.4, -0.2) is 16.2 Å². The number of anilines is 1. The molecule has 2 aromatic carbocycles. The molecule has 21 heavy (non-hydrogen) atoms. The molecule has 0 radical (unpaired) electrons. The Balaban J connectivity index is 1.75. The topological polar surface area (TPSA) is 37.8 Å². The van der Waals surface area contributed by atoms with E-state index in [9.17, 15) is 0 Å². The van der Waals surface area contributed by atoms with Gasteiger partial charge in [-0.05, 0) is 18.4 Å². The third kappa shape index (κ3) is 2.59. The van der Waals surface area contributed by atoms with Crippen molar-refractivity contribution in [3.05, 3.63) is 65.9 Å². The van der Waals surface area contributed by atoms with Crippen molar-refractivity contribution in [3.63, 3.8) is 0 Å². The van der Waals surface area contributed by atoms with Crippen molar-refractivity contribution < 1.29 is 0 Å². The standard InChI is InChI=1S/C18H17N3/c1-2-6-13(7-3-1)12-17-15-8-4-5-9-16(15)18(21-20-17)19-14-10-11-14/h1-9,14H,10-12H2,(H,19,21). The van der Waals surface area contributed by atoms with E-state index >= 15 is 0 Å². The fourth-order valence-corrected chi connectivity index (χ4v) is 2.61. The summed E-state index contributed by atoms with van der Waals surface area (Å²) in [6.45, 7) is 0. The monoisotopic (exact) mass is 275 g/mol. The molecular formula is C18H17N3. The quantitative estimate of drug-likeness (QED) is 0.787. The van der Waals surface area contributed by atoms with Crippen LogP contribution in [-0.2, 0) is 6.42 Å². The second kappa shape index (κ2) is 5.17. The summed E-state index contributed by atoms with van der Waals surface area (Å²) in [5.74, 6) is 0.921. The summed E-state index contributed by atoms with van der Waals surface area (Å²) < 4.78 is 0. The molecule has 0 amide bonds. The zero-order chi connectivity index (χ0) is 14.1. The Hall–Kier alpha value is -2.42. The van der Waals surface area contributed by atoms with Crippen LogP contribution in [0.4, 0.5) is 5.82 Å². The molecule has 3 aromatic rings. The lowest BCUT2D eigenvalue weighted by Gasteiger charge is -2.10. The van der Waals surface area contributed by atoms with Gasteiger partial charge in [-0.15, -0.1) is 5.10 Å². The van der Waals surface area contributed by atoms with Crippen LogP contribution < -0.4 is 5.32 Å². The summed E-state index contributed by atoms with van der Waals surface area (Å²) in [7, 11) is 0. The molecule has 1 aliphatic carbocycles. The molecule has 1 saturated carbocycles. The summed E-state index contributed by atoms with van der Waals surface area (Å²) in [4.78, 5) is 0. The fraction of sp³-hybridized carbons (Fsp3) is 0.222. The Morgan fingerprint density at radius 2 is 1.57 bits per heavy atom. The number of hydrogen-bond acceptors (Lipinski definition) is 3. The predicted octanol–water partition coefficient (Wildman–Crippen LogP) is 3.79. The Labute approximate surface area is 124 Å². The largest absolute Gasteiger partial charge is 0.365 e. The average molecular weight is 275 g/mol. The van der Waals surface area contributed by atoms with E-state index in [0.29, 0.717) is 6.04 Å². The molecule has 0 spiro atoms. The molecule has 1 N–H and O–H groups in total. The molecule has 3 heteroatoms. The first-order chi connectivity index (χ1) is 10.4. The number of nitrogens with one attached hydrogen (secondary N) is 1. The van der Waals surface area contributed by atoms with Crippen LogP contribution in [0.15, 0.2) is 54.6 Å². The van der Waals surface area contributed by atoms with Gasteiger partial charge in [0, 0.05) is 23.2 Å². The average Bonchev–Trinajstić information content (AvgIpc) is 3.35. The molecule has 1 aliphatic rings. The van der Waals surface area contributed by atoms with Gasteiger partial charge in [-0.3, -0.25) is 0 Å². The summed E-state index contributed by atoms with van der Waals surface area (Å²) in [6.07, 6.45) is 3.29. The Kier molecular flexibility index (Phi) is 3.03. The Bertz CT molecular complexity index is 764. The molecule has 0 atom stereocenters. The first kappa shape index (κ1) is 12.3. The minimum absolute atomic E-state index is 0.586. The van der Waals surface area contributed by atoms with Crippen LogP contribution in [0.2, 0.25) is 0 Å². The first-order valence-corrected chi connectivity index (χ1v) is 7.45. The molecular weight excluding hydrogens is 258 g/mol. The van der Waals surface area contributed by atoms with Crippen LogP contribution in [0.25, 0.3) is 10.8 Å². The number of aromatic nitrogens is 2. The molecule has 104 valence electrons. The lowest BCUT2D eigenvalue weighted by molar-refractivity contribution is 0.947. The molecule has 1 heterocycles. The van der Waals surface area contributed by atoms with Crippen LogP contribution in [0.1, 0.15) is 24.1 Å². The number of benzene rings is 2. The number of fused-ring (bicyclic) bond motifs is 1. The maximum atomic E-state index is 4.47. The highest BCUT2D eigenvalue weighted by atomic mass is 15.2. The van der Waals surface area contributed by atoms with E-state index in [0.717, 1.165) is 17.9 Å². The lowest BCUT2D eigenvalue weighted by Crippen LogP contribution is -2.07. The number of hydrogen-bond donors (Lipinski definition) is 1. The van der Waals surface area contributed by atoms with Crippen molar-refractivity contribution in [3.8, 4) is 0 Å². The number of rotatable bonds is 4. The Morgan fingerprint density at radius 3 is 2.33 bits per heavy atom. The van der Waals surface area contributed by atoms with Crippen molar-refractivity contribution in [2.45, 2.75) is 25.3 Å². The van der Waals surface area contributed by atoms with Crippen molar-refractivity contribution in [2.24, 2.45) is 0 Å². The molecule has 1 aromatic heterocycles. The normalized spacial score (nSPS) is 14.3. The van der Waals surface area contributed by atoms with Gasteiger partial charge < -0.3 is 5.32 Å². The molecule has 0 aliphatic heterocycles. The highest BCUT2D eigenvalue weighted by Gasteiger charge is 2.22. The van der Waals surface area contributed by atoms with E-state index in [-0.39, 0.29) is 0 Å². The molecule has 4 rings (SSSR count). The second-order valence-corrected chi connectivity index (χ2v) is 5.62. The fourth-order valence-electron chi connectivity index (χ4n) is 2.61. The highest BCUT2D eigenvalue weighted by molar-refractivity contribution is 5.93. The summed E-state index contributed by atoms with van der Waals surface area (Å²) in [5.41, 5.74) is 2.30. The van der Waals surface area contributed by atoms with Gasteiger partial charge in [-0.1, -0.05) is 54.6 Å². The van der Waals surface area contributed by atoms with E-state index in [2.05, 4.69) is 64.0 Å². The van der Waals surface area contributed by atoms with E-state index < -0.39 is 0 Å². The maximum absolute atomic E-state index is 4.47. The van der Waals surface area contributed by atoms with Crippen LogP contribution >= 0.6 is 0 Å². The molecule has 0 saturated heterocycles. The van der Waals surface area contributed by atoms with Gasteiger partial charge in [-0.25, -0.2) is 0 Å². The van der Waals surface area contributed by atoms with Crippen molar-refractivity contribution in [1.82, 2.24) is 10.2 Å². The van der Waals surface area contributed by atoms with Crippen LogP contribution in [0.5, 0.6) is 0 Å². The smallest absolute Gasteiger partial charge is 0.156 e. The zero-order valence-electron chi connectivity index (χ0n) is 11.8. The van der Waals surface area contributed by atoms with Gasteiger partial charge in [-0.2, -0.15) is 5.10 Å².